The number of benzene rings is 5. The summed E-state index contributed by atoms with van der Waals surface area (Å²) in [6.07, 6.45) is -17.8. The average Bonchev–Trinajstić information content (AvgIpc) is 3.51. The molecule has 260 valence electrons. The highest BCUT2D eigenvalue weighted by atomic mass is 35.5. The molecule has 0 saturated heterocycles. The second kappa shape index (κ2) is 12.7. The van der Waals surface area contributed by atoms with Crippen molar-refractivity contribution in [2.75, 3.05) is 6.54 Å². The number of nitrogens with one attached hydrogen (secondary N) is 2. The molecule has 5 aromatic rings. The van der Waals surface area contributed by atoms with E-state index in [4.69, 9.17) is 16.4 Å². The highest BCUT2D eigenvalue weighted by Gasteiger charge is 2.62. The molecule has 0 aliphatic carbocycles. The van der Waals surface area contributed by atoms with Gasteiger partial charge in [0.05, 0.1) is 17.8 Å². The number of carbonyl (C=O) groups is 2. The maximum absolute atomic E-state index is 14.8. The number of halogens is 10. The second-order valence-electron chi connectivity index (χ2n) is 11.4. The standard InChI is InChI=1S/C34H21ClF9N3O3/c35-22-12-20(11-21(13-22)33(39,40)41)32(34(42,43)44)14-27(47-50-32)23-5-6-24(31(49)45-15-28(48)46-30(38)29(36)37)26-10-19-8-17-4-2-1-3-16(17)7-18(19)9-25(23)26/h1-13,29-30H,14-15H2,(H,45,49)(H,46,48)/t30?,32-/m0/s1. The van der Waals surface area contributed by atoms with Crippen LogP contribution in [0.4, 0.5) is 39.5 Å². The molecule has 0 fully saturated rings. The van der Waals surface area contributed by atoms with Crippen molar-refractivity contribution in [2.45, 2.75) is 37.1 Å². The number of rotatable bonds is 7. The fraction of sp³-hybridized carbons (Fsp3) is 0.206. The minimum atomic E-state index is -5.28. The Morgan fingerprint density at radius 3 is 2.08 bits per heavy atom. The van der Waals surface area contributed by atoms with Crippen LogP contribution in [0.2, 0.25) is 5.02 Å². The molecule has 2 N–H and O–H groups in total. The Hall–Kier alpha value is -5.05. The van der Waals surface area contributed by atoms with Gasteiger partial charge in [0, 0.05) is 28.1 Å². The van der Waals surface area contributed by atoms with Gasteiger partial charge >= 0.3 is 12.4 Å². The number of nitrogens with zero attached hydrogens (tertiary/aromatic N) is 1. The first-order valence-electron chi connectivity index (χ1n) is 14.6. The van der Waals surface area contributed by atoms with E-state index in [2.05, 4.69) is 10.5 Å². The molecule has 16 heteroatoms. The molecule has 0 spiro atoms. The molecule has 0 saturated carbocycles. The van der Waals surface area contributed by atoms with Crippen LogP contribution in [0.25, 0.3) is 32.3 Å². The van der Waals surface area contributed by atoms with E-state index in [-0.39, 0.29) is 27.6 Å². The molecule has 1 unspecified atom stereocenters. The monoisotopic (exact) mass is 725 g/mol. The third kappa shape index (κ3) is 6.49. The molecule has 6 nitrogen and oxygen atoms in total. The quantitative estimate of drug-likeness (QED) is 0.100. The summed E-state index contributed by atoms with van der Waals surface area (Å²) >= 11 is 5.83. The van der Waals surface area contributed by atoms with Crippen molar-refractivity contribution in [3.05, 3.63) is 106 Å². The van der Waals surface area contributed by atoms with Gasteiger partial charge in [-0.25, -0.2) is 13.2 Å². The molecule has 2 atom stereocenters. The molecule has 50 heavy (non-hydrogen) atoms. The van der Waals surface area contributed by atoms with Crippen molar-refractivity contribution < 1.29 is 53.9 Å². The van der Waals surface area contributed by atoms with Crippen molar-refractivity contribution in [1.82, 2.24) is 10.6 Å². The van der Waals surface area contributed by atoms with Crippen LogP contribution in [0, 0.1) is 0 Å². The van der Waals surface area contributed by atoms with Gasteiger partial charge in [0.15, 0.2) is 0 Å². The van der Waals surface area contributed by atoms with E-state index in [1.807, 2.05) is 12.1 Å². The van der Waals surface area contributed by atoms with E-state index in [1.165, 1.54) is 17.4 Å². The van der Waals surface area contributed by atoms with Gasteiger partial charge in [0.2, 0.25) is 12.2 Å². The Morgan fingerprint density at radius 2 is 1.48 bits per heavy atom. The van der Waals surface area contributed by atoms with Crippen LogP contribution >= 0.6 is 11.6 Å². The van der Waals surface area contributed by atoms with Crippen LogP contribution in [0.15, 0.2) is 84.0 Å². The van der Waals surface area contributed by atoms with Gasteiger partial charge < -0.3 is 15.5 Å². The lowest BCUT2D eigenvalue weighted by Gasteiger charge is -2.30. The summed E-state index contributed by atoms with van der Waals surface area (Å²) in [7, 11) is 0. The maximum atomic E-state index is 14.8. The second-order valence-corrected chi connectivity index (χ2v) is 11.9. The van der Waals surface area contributed by atoms with E-state index < -0.39 is 71.6 Å². The molecule has 1 aliphatic heterocycles. The normalized spacial score (nSPS) is 17.2. The fourth-order valence-corrected chi connectivity index (χ4v) is 6.03. The van der Waals surface area contributed by atoms with E-state index in [0.717, 1.165) is 16.8 Å². The Kier molecular flexibility index (Phi) is 8.83. The zero-order valence-corrected chi connectivity index (χ0v) is 25.8. The van der Waals surface area contributed by atoms with Crippen LogP contribution in [-0.2, 0) is 21.4 Å². The van der Waals surface area contributed by atoms with Crippen molar-refractivity contribution in [2.24, 2.45) is 5.16 Å². The minimum Gasteiger partial charge on any atom is -0.374 e. The number of hydrogen-bond donors (Lipinski definition) is 2. The van der Waals surface area contributed by atoms with Gasteiger partial charge in [-0.2, -0.15) is 26.3 Å². The highest BCUT2D eigenvalue weighted by molar-refractivity contribution is 6.30. The third-order valence-corrected chi connectivity index (χ3v) is 8.42. The highest BCUT2D eigenvalue weighted by Crippen LogP contribution is 2.51. The Labute approximate surface area is 280 Å². The molecular weight excluding hydrogens is 705 g/mol. The zero-order chi connectivity index (χ0) is 36.2. The molecule has 2 amide bonds. The summed E-state index contributed by atoms with van der Waals surface area (Å²) in [5.74, 6) is -2.16. The van der Waals surface area contributed by atoms with Crippen LogP contribution in [0.1, 0.15) is 33.5 Å². The van der Waals surface area contributed by atoms with Crippen LogP contribution in [0.5, 0.6) is 0 Å². The summed E-state index contributed by atoms with van der Waals surface area (Å²) < 4.78 is 123. The summed E-state index contributed by atoms with van der Waals surface area (Å²) in [6, 6.07) is 18.0. The van der Waals surface area contributed by atoms with Crippen molar-refractivity contribution in [1.29, 1.82) is 0 Å². The summed E-state index contributed by atoms with van der Waals surface area (Å²) in [5.41, 5.74) is -6.07. The molecule has 5 aromatic carbocycles. The molecule has 1 aliphatic rings. The van der Waals surface area contributed by atoms with Gasteiger partial charge in [0.25, 0.3) is 17.9 Å². The maximum Gasteiger partial charge on any atom is 0.435 e. The Bertz CT molecular complexity index is 2200. The van der Waals surface area contributed by atoms with Crippen LogP contribution in [0.3, 0.4) is 0 Å². The van der Waals surface area contributed by atoms with Gasteiger partial charge in [-0.1, -0.05) is 47.1 Å². The predicted octanol–water partition coefficient (Wildman–Crippen LogP) is 8.81. The topological polar surface area (TPSA) is 79.8 Å². The molecule has 0 aromatic heterocycles. The molecule has 6 rings (SSSR count). The van der Waals surface area contributed by atoms with Gasteiger partial charge in [-0.15, -0.1) is 0 Å². The fourth-order valence-electron chi connectivity index (χ4n) is 5.79. The van der Waals surface area contributed by atoms with Crippen molar-refractivity contribution >= 4 is 61.4 Å². The van der Waals surface area contributed by atoms with Crippen LogP contribution in [-0.4, -0.2) is 43.0 Å². The summed E-state index contributed by atoms with van der Waals surface area (Å²) in [5, 5.41) is 9.88. The number of amides is 2. The lowest BCUT2D eigenvalue weighted by Crippen LogP contribution is -2.43. The summed E-state index contributed by atoms with van der Waals surface area (Å²) in [4.78, 5) is 30.2. The van der Waals surface area contributed by atoms with E-state index in [0.29, 0.717) is 22.9 Å². The Morgan fingerprint density at radius 1 is 0.840 bits per heavy atom. The molecule has 0 bridgehead atoms. The predicted molar refractivity (Wildman–Crippen MR) is 167 cm³/mol. The lowest BCUT2D eigenvalue weighted by molar-refractivity contribution is -0.276. The minimum absolute atomic E-state index is 0.0470. The number of fused-ring (bicyclic) bond motifs is 3. The largest absolute Gasteiger partial charge is 0.435 e. The Balaban J connectivity index is 1.45. The average molecular weight is 726 g/mol. The van der Waals surface area contributed by atoms with Gasteiger partial charge in [-0.05, 0) is 80.8 Å². The zero-order valence-electron chi connectivity index (χ0n) is 25.0. The first kappa shape index (κ1) is 34.8. The molecule has 0 radical (unpaired) electrons. The first-order valence-corrected chi connectivity index (χ1v) is 14.9. The number of carbonyl (C=O) groups excluding carboxylic acids is 2. The van der Waals surface area contributed by atoms with Gasteiger partial charge in [0.1, 0.15) is 0 Å². The van der Waals surface area contributed by atoms with E-state index in [1.54, 1.807) is 36.4 Å². The first-order chi connectivity index (χ1) is 23.5. The number of hydrogen-bond acceptors (Lipinski definition) is 4. The SMILES string of the molecule is O=C(CNC(=O)c1ccc(C2=NO[C@@](c3cc(Cl)cc(C(F)(F)F)c3)(C(F)(F)F)C2)c2cc3cc4ccccc4cc3cc12)NC(F)C(F)F. The van der Waals surface area contributed by atoms with Crippen LogP contribution < -0.4 is 10.6 Å². The van der Waals surface area contributed by atoms with E-state index >= 15 is 0 Å². The molecule has 1 heterocycles. The number of oxime groups is 1. The molecular formula is C34H21ClF9N3O3. The van der Waals surface area contributed by atoms with Crippen molar-refractivity contribution in [3.63, 3.8) is 0 Å². The number of alkyl halides is 9. The van der Waals surface area contributed by atoms with E-state index in [9.17, 15) is 49.1 Å². The van der Waals surface area contributed by atoms with Crippen molar-refractivity contribution in [3.8, 4) is 0 Å². The summed E-state index contributed by atoms with van der Waals surface area (Å²) in [6.45, 7) is -0.887. The van der Waals surface area contributed by atoms with Gasteiger partial charge in [-0.3, -0.25) is 9.59 Å². The smallest absolute Gasteiger partial charge is 0.374 e. The third-order valence-electron chi connectivity index (χ3n) is 8.20. The lowest BCUT2D eigenvalue weighted by atomic mass is 9.84.